The van der Waals surface area contributed by atoms with Crippen molar-refractivity contribution in [1.82, 2.24) is 18.9 Å². The molecule has 1 fully saturated rings. The zero-order chi connectivity index (χ0) is 14.4. The molecule has 1 aromatic heterocycles. The van der Waals surface area contributed by atoms with E-state index < -0.39 is 10.2 Å². The van der Waals surface area contributed by atoms with Crippen LogP contribution in [-0.2, 0) is 16.6 Å². The minimum Gasteiger partial charge on any atom is -0.315 e. The summed E-state index contributed by atoms with van der Waals surface area (Å²) in [7, 11) is -1.72. The lowest BCUT2D eigenvalue weighted by atomic mass is 10.3. The summed E-state index contributed by atoms with van der Waals surface area (Å²) in [6, 6.07) is 5.68. The Bertz CT molecular complexity index is 498. The first kappa shape index (κ1) is 15.4. The Morgan fingerprint density at radius 3 is 2.95 bits per heavy atom. The molecule has 7 heteroatoms. The molecule has 1 aromatic rings. The molecule has 1 N–H and O–H groups in total. The van der Waals surface area contributed by atoms with Gasteiger partial charge in [-0.25, -0.2) is 0 Å². The maximum Gasteiger partial charge on any atom is 0.281 e. The highest BCUT2D eigenvalue weighted by molar-refractivity contribution is 7.86. The van der Waals surface area contributed by atoms with Crippen molar-refractivity contribution in [3.63, 3.8) is 0 Å². The average molecular weight is 298 g/mol. The second kappa shape index (κ2) is 7.12. The highest BCUT2D eigenvalue weighted by Gasteiger charge is 2.26. The molecule has 1 aliphatic heterocycles. The van der Waals surface area contributed by atoms with Gasteiger partial charge in [-0.3, -0.25) is 4.98 Å². The molecule has 0 amide bonds. The number of nitrogens with zero attached hydrogens (tertiary/aromatic N) is 3. The Morgan fingerprint density at radius 2 is 2.20 bits per heavy atom. The predicted molar refractivity (Wildman–Crippen MR) is 78.6 cm³/mol. The van der Waals surface area contributed by atoms with Crippen molar-refractivity contribution >= 4 is 10.2 Å². The first-order chi connectivity index (χ1) is 9.60. The van der Waals surface area contributed by atoms with Crippen LogP contribution in [0.5, 0.6) is 0 Å². The van der Waals surface area contributed by atoms with Crippen molar-refractivity contribution in [3.05, 3.63) is 30.1 Å². The van der Waals surface area contributed by atoms with Gasteiger partial charge >= 0.3 is 0 Å². The lowest BCUT2D eigenvalue weighted by Crippen LogP contribution is -2.44. The number of hydrogen-bond donors (Lipinski definition) is 1. The molecule has 0 atom stereocenters. The van der Waals surface area contributed by atoms with Gasteiger partial charge in [0.25, 0.3) is 10.2 Å². The lowest BCUT2D eigenvalue weighted by Gasteiger charge is -2.26. The summed E-state index contributed by atoms with van der Waals surface area (Å²) < 4.78 is 27.9. The van der Waals surface area contributed by atoms with Gasteiger partial charge in [0.2, 0.25) is 0 Å². The fraction of sp³-hybridized carbons (Fsp3) is 0.615. The number of pyridine rings is 1. The van der Waals surface area contributed by atoms with Crippen molar-refractivity contribution in [3.8, 4) is 0 Å². The number of nitrogens with one attached hydrogen (secondary N) is 1. The van der Waals surface area contributed by atoms with Crippen molar-refractivity contribution in [2.24, 2.45) is 0 Å². The van der Waals surface area contributed by atoms with Crippen LogP contribution in [0.25, 0.3) is 0 Å². The Kier molecular flexibility index (Phi) is 5.47. The summed E-state index contributed by atoms with van der Waals surface area (Å²) in [6.07, 6.45) is 3.21. The summed E-state index contributed by atoms with van der Waals surface area (Å²) in [6.45, 7) is 3.17. The Morgan fingerprint density at radius 1 is 1.35 bits per heavy atom. The zero-order valence-electron chi connectivity index (χ0n) is 11.8. The minimum absolute atomic E-state index is 0.448. The third kappa shape index (κ3) is 3.99. The maximum absolute atomic E-state index is 12.5. The second-order valence-electron chi connectivity index (χ2n) is 4.90. The van der Waals surface area contributed by atoms with Gasteiger partial charge in [0.05, 0.1) is 0 Å². The van der Waals surface area contributed by atoms with Crippen LogP contribution < -0.4 is 5.32 Å². The van der Waals surface area contributed by atoms with E-state index in [1.54, 1.807) is 17.5 Å². The molecule has 0 saturated carbocycles. The van der Waals surface area contributed by atoms with E-state index in [2.05, 4.69) is 10.3 Å². The van der Waals surface area contributed by atoms with Crippen LogP contribution in [0.15, 0.2) is 24.4 Å². The van der Waals surface area contributed by atoms with E-state index in [-0.39, 0.29) is 0 Å². The van der Waals surface area contributed by atoms with Crippen LogP contribution in [0, 0.1) is 0 Å². The Labute approximate surface area is 121 Å². The van der Waals surface area contributed by atoms with Crippen LogP contribution >= 0.6 is 0 Å². The van der Waals surface area contributed by atoms with Gasteiger partial charge in [0.15, 0.2) is 0 Å². The molecule has 6 nitrogen and oxygen atoms in total. The molecular weight excluding hydrogens is 276 g/mol. The standard InChI is InChI=1S/C13H22N4O2S/c1-16(11-6-13-5-2-3-8-15-13)20(18,19)17-10-4-7-14-9-12-17/h2-3,5,8,14H,4,6-7,9-12H2,1H3. The predicted octanol–water partition coefficient (Wildman–Crippen LogP) is 0.0960. The van der Waals surface area contributed by atoms with Crippen LogP contribution in [0.3, 0.4) is 0 Å². The van der Waals surface area contributed by atoms with Gasteiger partial charge in [0.1, 0.15) is 0 Å². The van der Waals surface area contributed by atoms with Crippen molar-refractivity contribution in [2.45, 2.75) is 12.8 Å². The highest BCUT2D eigenvalue weighted by Crippen LogP contribution is 2.09. The summed E-state index contributed by atoms with van der Waals surface area (Å²) >= 11 is 0. The molecule has 0 spiro atoms. The smallest absolute Gasteiger partial charge is 0.281 e. The SMILES string of the molecule is CN(CCc1ccccn1)S(=O)(=O)N1CCCNCC1. The molecule has 0 unspecified atom stereocenters. The third-order valence-corrected chi connectivity index (χ3v) is 5.42. The largest absolute Gasteiger partial charge is 0.315 e. The number of likely N-dealkylation sites (N-methyl/N-ethyl adjacent to an activating group) is 1. The van der Waals surface area contributed by atoms with Gasteiger partial charge in [-0.05, 0) is 25.1 Å². The molecule has 20 heavy (non-hydrogen) atoms. The molecule has 1 saturated heterocycles. The van der Waals surface area contributed by atoms with Gasteiger partial charge in [0, 0.05) is 51.5 Å². The first-order valence-corrected chi connectivity index (χ1v) is 8.32. The minimum atomic E-state index is -3.36. The third-order valence-electron chi connectivity index (χ3n) is 3.43. The van der Waals surface area contributed by atoms with Crippen LogP contribution in [0.4, 0.5) is 0 Å². The van der Waals surface area contributed by atoms with Gasteiger partial charge < -0.3 is 5.32 Å². The van der Waals surface area contributed by atoms with E-state index >= 15 is 0 Å². The fourth-order valence-electron chi connectivity index (χ4n) is 2.18. The van der Waals surface area contributed by atoms with Crippen LogP contribution in [0.1, 0.15) is 12.1 Å². The van der Waals surface area contributed by atoms with Crippen molar-refractivity contribution in [2.75, 3.05) is 39.8 Å². The van der Waals surface area contributed by atoms with E-state index in [1.807, 2.05) is 18.2 Å². The second-order valence-corrected chi connectivity index (χ2v) is 6.94. The molecule has 0 aromatic carbocycles. The molecule has 0 aliphatic carbocycles. The van der Waals surface area contributed by atoms with Crippen molar-refractivity contribution in [1.29, 1.82) is 0 Å². The number of hydrogen-bond acceptors (Lipinski definition) is 4. The summed E-state index contributed by atoms with van der Waals surface area (Å²) in [5.74, 6) is 0. The van der Waals surface area contributed by atoms with E-state index in [1.165, 1.54) is 4.31 Å². The summed E-state index contributed by atoms with van der Waals surface area (Å²) in [5, 5.41) is 3.21. The maximum atomic E-state index is 12.5. The summed E-state index contributed by atoms with van der Waals surface area (Å²) in [5.41, 5.74) is 0.909. The Balaban J connectivity index is 1.94. The monoisotopic (exact) mass is 298 g/mol. The van der Waals surface area contributed by atoms with Crippen LogP contribution in [-0.4, -0.2) is 61.8 Å². The normalized spacial score (nSPS) is 18.1. The lowest BCUT2D eigenvalue weighted by molar-refractivity contribution is 0.371. The van der Waals surface area contributed by atoms with Gasteiger partial charge in [-0.2, -0.15) is 17.0 Å². The molecule has 1 aliphatic rings. The fourth-order valence-corrected chi connectivity index (χ4v) is 3.58. The van der Waals surface area contributed by atoms with E-state index in [0.717, 1.165) is 18.7 Å². The molecule has 0 radical (unpaired) electrons. The molecular formula is C13H22N4O2S. The van der Waals surface area contributed by atoms with Crippen molar-refractivity contribution < 1.29 is 8.42 Å². The zero-order valence-corrected chi connectivity index (χ0v) is 12.6. The van der Waals surface area contributed by atoms with E-state index in [9.17, 15) is 8.42 Å². The van der Waals surface area contributed by atoms with Crippen LogP contribution in [0.2, 0.25) is 0 Å². The molecule has 2 rings (SSSR count). The Hall–Kier alpha value is -1.02. The van der Waals surface area contributed by atoms with Gasteiger partial charge in [-0.1, -0.05) is 6.07 Å². The quantitative estimate of drug-likeness (QED) is 0.837. The topological polar surface area (TPSA) is 65.5 Å². The van der Waals surface area contributed by atoms with Gasteiger partial charge in [-0.15, -0.1) is 0 Å². The molecule has 112 valence electrons. The number of aromatic nitrogens is 1. The molecule has 0 bridgehead atoms. The highest BCUT2D eigenvalue weighted by atomic mass is 32.2. The first-order valence-electron chi connectivity index (χ1n) is 6.93. The average Bonchev–Trinajstić information content (AvgIpc) is 2.75. The molecule has 2 heterocycles. The number of rotatable bonds is 5. The van der Waals surface area contributed by atoms with E-state index in [0.29, 0.717) is 32.6 Å². The summed E-state index contributed by atoms with van der Waals surface area (Å²) in [4.78, 5) is 4.22. The van der Waals surface area contributed by atoms with E-state index in [4.69, 9.17) is 0 Å².